The Labute approximate surface area is 79.4 Å². The summed E-state index contributed by atoms with van der Waals surface area (Å²) in [5, 5.41) is 3.33. The summed E-state index contributed by atoms with van der Waals surface area (Å²) in [5.74, 6) is 0. The molecular weight excluding hydrogens is 162 g/mol. The maximum absolute atomic E-state index is 5.51. The number of nitrogens with two attached hydrogens (primary N) is 1. The van der Waals surface area contributed by atoms with Crippen LogP contribution in [0.25, 0.3) is 0 Å². The van der Waals surface area contributed by atoms with E-state index in [-0.39, 0.29) is 0 Å². The van der Waals surface area contributed by atoms with Crippen LogP contribution in [0.1, 0.15) is 25.0 Å². The summed E-state index contributed by atoms with van der Waals surface area (Å²) in [6.07, 6.45) is 3.67. The molecule has 0 aliphatic heterocycles. The molecule has 1 aromatic heterocycles. The van der Waals surface area contributed by atoms with Crippen molar-refractivity contribution in [3.63, 3.8) is 0 Å². The first-order chi connectivity index (χ1) is 6.22. The number of pyridine rings is 1. The van der Waals surface area contributed by atoms with Crippen molar-refractivity contribution >= 4 is 0 Å². The zero-order valence-electron chi connectivity index (χ0n) is 8.25. The molecule has 3 nitrogen and oxygen atoms in total. The van der Waals surface area contributed by atoms with Gasteiger partial charge in [-0.05, 0) is 11.1 Å². The zero-order valence-corrected chi connectivity index (χ0v) is 8.25. The lowest BCUT2D eigenvalue weighted by Gasteiger charge is -2.08. The van der Waals surface area contributed by atoms with Gasteiger partial charge >= 0.3 is 0 Å². The SMILES string of the molecule is CC(C)NCc1cncc(CN)c1. The largest absolute Gasteiger partial charge is 0.326 e. The van der Waals surface area contributed by atoms with Crippen LogP contribution in [0, 0.1) is 0 Å². The third kappa shape index (κ3) is 3.53. The molecule has 0 aliphatic rings. The van der Waals surface area contributed by atoms with Crippen LogP contribution in [0.4, 0.5) is 0 Å². The van der Waals surface area contributed by atoms with Gasteiger partial charge in [-0.25, -0.2) is 0 Å². The Morgan fingerprint density at radius 1 is 1.38 bits per heavy atom. The van der Waals surface area contributed by atoms with Crippen LogP contribution in [0.5, 0.6) is 0 Å². The molecule has 0 aromatic carbocycles. The van der Waals surface area contributed by atoms with Crippen molar-refractivity contribution in [1.82, 2.24) is 10.3 Å². The molecule has 0 atom stereocenters. The Morgan fingerprint density at radius 3 is 2.69 bits per heavy atom. The van der Waals surface area contributed by atoms with Crippen LogP contribution in [0.15, 0.2) is 18.5 Å². The van der Waals surface area contributed by atoms with E-state index in [9.17, 15) is 0 Å². The normalized spacial score (nSPS) is 10.8. The lowest BCUT2D eigenvalue weighted by Crippen LogP contribution is -2.22. The maximum Gasteiger partial charge on any atom is 0.0313 e. The van der Waals surface area contributed by atoms with Crippen molar-refractivity contribution in [1.29, 1.82) is 0 Å². The van der Waals surface area contributed by atoms with E-state index in [0.29, 0.717) is 12.6 Å². The minimum Gasteiger partial charge on any atom is -0.326 e. The Morgan fingerprint density at radius 2 is 2.08 bits per heavy atom. The molecule has 0 radical (unpaired) electrons. The van der Waals surface area contributed by atoms with E-state index in [4.69, 9.17) is 5.73 Å². The Kier molecular flexibility index (Phi) is 3.86. The molecule has 0 unspecified atom stereocenters. The Bertz CT molecular complexity index is 258. The smallest absolute Gasteiger partial charge is 0.0313 e. The number of nitrogens with zero attached hydrogens (tertiary/aromatic N) is 1. The van der Waals surface area contributed by atoms with Crippen LogP contribution in [-0.2, 0) is 13.1 Å². The van der Waals surface area contributed by atoms with Gasteiger partial charge in [-0.15, -0.1) is 0 Å². The molecule has 0 fully saturated rings. The molecule has 3 N–H and O–H groups in total. The van der Waals surface area contributed by atoms with Gasteiger partial charge in [-0.2, -0.15) is 0 Å². The molecular formula is C10H17N3. The van der Waals surface area contributed by atoms with E-state index < -0.39 is 0 Å². The number of nitrogens with one attached hydrogen (secondary N) is 1. The highest BCUT2D eigenvalue weighted by Crippen LogP contribution is 2.01. The van der Waals surface area contributed by atoms with Crippen LogP contribution in [0.3, 0.4) is 0 Å². The van der Waals surface area contributed by atoms with Gasteiger partial charge in [0.2, 0.25) is 0 Å². The molecule has 1 aromatic rings. The summed E-state index contributed by atoms with van der Waals surface area (Å²) in [6.45, 7) is 5.67. The Hall–Kier alpha value is -0.930. The predicted molar refractivity (Wildman–Crippen MR) is 54.1 cm³/mol. The molecule has 0 spiro atoms. The molecule has 0 saturated carbocycles. The van der Waals surface area contributed by atoms with Crippen LogP contribution < -0.4 is 11.1 Å². The van der Waals surface area contributed by atoms with Gasteiger partial charge in [0.05, 0.1) is 0 Å². The third-order valence-corrected chi connectivity index (χ3v) is 1.80. The first-order valence-electron chi connectivity index (χ1n) is 4.58. The second kappa shape index (κ2) is 4.94. The second-order valence-corrected chi connectivity index (χ2v) is 3.44. The summed E-state index contributed by atoms with van der Waals surface area (Å²) in [6, 6.07) is 2.59. The lowest BCUT2D eigenvalue weighted by atomic mass is 10.2. The van der Waals surface area contributed by atoms with E-state index in [1.165, 1.54) is 5.56 Å². The van der Waals surface area contributed by atoms with Gasteiger partial charge in [0.1, 0.15) is 0 Å². The van der Waals surface area contributed by atoms with E-state index in [1.807, 2.05) is 6.20 Å². The molecule has 0 aliphatic carbocycles. The third-order valence-electron chi connectivity index (χ3n) is 1.80. The van der Waals surface area contributed by atoms with Crippen molar-refractivity contribution < 1.29 is 0 Å². The monoisotopic (exact) mass is 179 g/mol. The first kappa shape index (κ1) is 10.2. The second-order valence-electron chi connectivity index (χ2n) is 3.44. The number of hydrogen-bond donors (Lipinski definition) is 2. The number of hydrogen-bond acceptors (Lipinski definition) is 3. The van der Waals surface area contributed by atoms with Crippen molar-refractivity contribution in [3.8, 4) is 0 Å². The molecule has 0 saturated heterocycles. The fourth-order valence-electron chi connectivity index (χ4n) is 1.07. The van der Waals surface area contributed by atoms with Gasteiger partial charge < -0.3 is 11.1 Å². The van der Waals surface area contributed by atoms with Gasteiger partial charge in [0.15, 0.2) is 0 Å². The summed E-state index contributed by atoms with van der Waals surface area (Å²) in [4.78, 5) is 4.11. The minimum atomic E-state index is 0.501. The fraction of sp³-hybridized carbons (Fsp3) is 0.500. The molecule has 0 bridgehead atoms. The van der Waals surface area contributed by atoms with E-state index in [0.717, 1.165) is 12.1 Å². The maximum atomic E-state index is 5.51. The molecule has 72 valence electrons. The van der Waals surface area contributed by atoms with Crippen molar-refractivity contribution in [2.45, 2.75) is 33.0 Å². The number of aromatic nitrogens is 1. The van der Waals surface area contributed by atoms with E-state index in [2.05, 4.69) is 30.2 Å². The topological polar surface area (TPSA) is 50.9 Å². The molecule has 3 heteroatoms. The Balaban J connectivity index is 2.56. The summed E-state index contributed by atoms with van der Waals surface area (Å²) in [7, 11) is 0. The van der Waals surface area contributed by atoms with Gasteiger partial charge in [0.25, 0.3) is 0 Å². The highest BCUT2D eigenvalue weighted by Gasteiger charge is 1.96. The molecule has 1 heterocycles. The quantitative estimate of drug-likeness (QED) is 0.726. The highest BCUT2D eigenvalue weighted by atomic mass is 14.9. The predicted octanol–water partition coefficient (Wildman–Crippen LogP) is 1.04. The fourth-order valence-corrected chi connectivity index (χ4v) is 1.07. The minimum absolute atomic E-state index is 0.501. The van der Waals surface area contributed by atoms with Crippen molar-refractivity contribution in [2.75, 3.05) is 0 Å². The van der Waals surface area contributed by atoms with Gasteiger partial charge in [-0.1, -0.05) is 19.9 Å². The zero-order chi connectivity index (χ0) is 9.68. The lowest BCUT2D eigenvalue weighted by molar-refractivity contribution is 0.587. The molecule has 13 heavy (non-hydrogen) atoms. The molecule has 1 rings (SSSR count). The van der Waals surface area contributed by atoms with Gasteiger partial charge in [0, 0.05) is 31.5 Å². The highest BCUT2D eigenvalue weighted by molar-refractivity contribution is 5.17. The summed E-state index contributed by atoms with van der Waals surface area (Å²) >= 11 is 0. The van der Waals surface area contributed by atoms with E-state index >= 15 is 0 Å². The van der Waals surface area contributed by atoms with Crippen molar-refractivity contribution in [3.05, 3.63) is 29.6 Å². The standard InChI is InChI=1S/C10H17N3/c1-8(2)13-7-10-3-9(4-11)5-12-6-10/h3,5-6,8,13H,4,7,11H2,1-2H3. The van der Waals surface area contributed by atoms with Gasteiger partial charge in [-0.3, -0.25) is 4.98 Å². The summed E-state index contributed by atoms with van der Waals surface area (Å²) < 4.78 is 0. The van der Waals surface area contributed by atoms with Crippen LogP contribution >= 0.6 is 0 Å². The van der Waals surface area contributed by atoms with Crippen LogP contribution in [0.2, 0.25) is 0 Å². The first-order valence-corrected chi connectivity index (χ1v) is 4.58. The number of rotatable bonds is 4. The van der Waals surface area contributed by atoms with Crippen LogP contribution in [-0.4, -0.2) is 11.0 Å². The average molecular weight is 179 g/mol. The average Bonchev–Trinajstić information content (AvgIpc) is 2.15. The summed E-state index contributed by atoms with van der Waals surface area (Å²) in [5.41, 5.74) is 7.79. The van der Waals surface area contributed by atoms with E-state index in [1.54, 1.807) is 6.20 Å². The molecule has 0 amide bonds. The van der Waals surface area contributed by atoms with Crippen molar-refractivity contribution in [2.24, 2.45) is 5.73 Å².